The summed E-state index contributed by atoms with van der Waals surface area (Å²) < 4.78 is 0. The first-order valence-electron chi connectivity index (χ1n) is 4.92. The number of nitrogen functional groups attached to an aromatic ring is 2. The molecule has 0 bridgehead atoms. The second-order valence-electron chi connectivity index (χ2n) is 3.58. The molecule has 86 valence electrons. The molecule has 17 heavy (non-hydrogen) atoms. The van der Waals surface area contributed by atoms with Crippen LogP contribution in [0.15, 0.2) is 36.5 Å². The fraction of sp³-hybridized carbons (Fsp3) is 0. The zero-order valence-electron chi connectivity index (χ0n) is 8.92. The molecule has 0 saturated heterocycles. The quantitative estimate of drug-likeness (QED) is 0.679. The predicted molar refractivity (Wildman–Crippen MR) is 65.5 cm³/mol. The monoisotopic (exact) mass is 229 g/mol. The summed E-state index contributed by atoms with van der Waals surface area (Å²) in [4.78, 5) is 15.0. The first kappa shape index (κ1) is 10.9. The molecular formula is C12H11N3O2. The standard InChI is InChI=1S/C12H11N3O2/c13-8-3-1-7(2-4-8)10-6-15-11(14)5-9(10)12(16)17/h1-6H,13H2,(H2,14,15)(H,16,17). The van der Waals surface area contributed by atoms with Crippen molar-refractivity contribution in [2.75, 3.05) is 11.5 Å². The first-order valence-corrected chi connectivity index (χ1v) is 4.92. The Morgan fingerprint density at radius 2 is 1.82 bits per heavy atom. The van der Waals surface area contributed by atoms with Gasteiger partial charge in [0.1, 0.15) is 5.82 Å². The summed E-state index contributed by atoms with van der Waals surface area (Å²) in [6.07, 6.45) is 1.45. The van der Waals surface area contributed by atoms with E-state index in [1.807, 2.05) is 0 Å². The highest BCUT2D eigenvalue weighted by atomic mass is 16.4. The number of anilines is 2. The first-order chi connectivity index (χ1) is 8.08. The lowest BCUT2D eigenvalue weighted by Crippen LogP contribution is -2.02. The van der Waals surface area contributed by atoms with Crippen molar-refractivity contribution >= 4 is 17.5 Å². The number of aromatic nitrogens is 1. The number of pyridine rings is 1. The van der Waals surface area contributed by atoms with Crippen LogP contribution in [-0.4, -0.2) is 16.1 Å². The highest BCUT2D eigenvalue weighted by Crippen LogP contribution is 2.25. The van der Waals surface area contributed by atoms with Gasteiger partial charge in [-0.3, -0.25) is 0 Å². The minimum atomic E-state index is -1.04. The van der Waals surface area contributed by atoms with E-state index in [1.165, 1.54) is 12.3 Å². The van der Waals surface area contributed by atoms with Crippen LogP contribution in [0.3, 0.4) is 0 Å². The number of hydrogen-bond acceptors (Lipinski definition) is 4. The molecule has 0 fully saturated rings. The van der Waals surface area contributed by atoms with Gasteiger partial charge in [-0.05, 0) is 23.8 Å². The summed E-state index contributed by atoms with van der Waals surface area (Å²) in [5, 5.41) is 9.10. The van der Waals surface area contributed by atoms with E-state index in [0.717, 1.165) is 5.56 Å². The normalized spacial score (nSPS) is 10.1. The van der Waals surface area contributed by atoms with Crippen molar-refractivity contribution in [3.63, 3.8) is 0 Å². The van der Waals surface area contributed by atoms with Crippen LogP contribution >= 0.6 is 0 Å². The molecule has 1 heterocycles. The molecule has 1 aromatic heterocycles. The number of hydrogen-bond donors (Lipinski definition) is 3. The van der Waals surface area contributed by atoms with Crippen LogP contribution in [0.25, 0.3) is 11.1 Å². The second-order valence-corrected chi connectivity index (χ2v) is 3.58. The van der Waals surface area contributed by atoms with Crippen molar-refractivity contribution in [2.45, 2.75) is 0 Å². The zero-order valence-corrected chi connectivity index (χ0v) is 8.92. The van der Waals surface area contributed by atoms with E-state index < -0.39 is 5.97 Å². The molecule has 0 saturated carbocycles. The van der Waals surface area contributed by atoms with Crippen LogP contribution in [0.1, 0.15) is 10.4 Å². The molecule has 2 aromatic rings. The molecule has 5 nitrogen and oxygen atoms in total. The minimum absolute atomic E-state index is 0.127. The molecule has 0 radical (unpaired) electrons. The van der Waals surface area contributed by atoms with Crippen LogP contribution in [0.5, 0.6) is 0 Å². The van der Waals surface area contributed by atoms with Gasteiger partial charge in [-0.25, -0.2) is 9.78 Å². The molecule has 5 heteroatoms. The Balaban J connectivity index is 2.58. The Morgan fingerprint density at radius 1 is 1.18 bits per heavy atom. The minimum Gasteiger partial charge on any atom is -0.478 e. The van der Waals surface area contributed by atoms with E-state index in [9.17, 15) is 4.79 Å². The van der Waals surface area contributed by atoms with Crippen LogP contribution in [-0.2, 0) is 0 Å². The zero-order chi connectivity index (χ0) is 12.4. The van der Waals surface area contributed by atoms with Crippen molar-refractivity contribution in [3.05, 3.63) is 42.1 Å². The number of carboxylic acid groups (broad SMARTS) is 1. The second kappa shape index (κ2) is 4.13. The van der Waals surface area contributed by atoms with Crippen LogP contribution in [0, 0.1) is 0 Å². The van der Waals surface area contributed by atoms with Crippen LogP contribution in [0.2, 0.25) is 0 Å². The Labute approximate surface area is 97.7 Å². The molecule has 5 N–H and O–H groups in total. The molecule has 0 amide bonds. The van der Waals surface area contributed by atoms with E-state index in [4.69, 9.17) is 16.6 Å². The van der Waals surface area contributed by atoms with Gasteiger partial charge in [0.15, 0.2) is 0 Å². The number of nitrogens with two attached hydrogens (primary N) is 2. The molecule has 0 spiro atoms. The molecule has 2 rings (SSSR count). The van der Waals surface area contributed by atoms with Gasteiger partial charge in [-0.15, -0.1) is 0 Å². The van der Waals surface area contributed by atoms with Crippen LogP contribution in [0.4, 0.5) is 11.5 Å². The van der Waals surface area contributed by atoms with Crippen molar-refractivity contribution in [3.8, 4) is 11.1 Å². The lowest BCUT2D eigenvalue weighted by atomic mass is 10.0. The van der Waals surface area contributed by atoms with Crippen molar-refractivity contribution in [1.29, 1.82) is 0 Å². The number of nitrogens with zero attached hydrogens (tertiary/aromatic N) is 1. The third-order valence-electron chi connectivity index (χ3n) is 2.38. The average molecular weight is 229 g/mol. The SMILES string of the molecule is Nc1ccc(-c2cnc(N)cc2C(=O)O)cc1. The molecule has 1 aromatic carbocycles. The smallest absolute Gasteiger partial charge is 0.336 e. The lowest BCUT2D eigenvalue weighted by Gasteiger charge is -2.06. The molecule has 0 aliphatic heterocycles. The van der Waals surface area contributed by atoms with Gasteiger partial charge >= 0.3 is 5.97 Å². The summed E-state index contributed by atoms with van der Waals surface area (Å²) in [6, 6.07) is 8.24. The van der Waals surface area contributed by atoms with E-state index in [0.29, 0.717) is 11.3 Å². The summed E-state index contributed by atoms with van der Waals surface area (Å²) in [6.45, 7) is 0. The third kappa shape index (κ3) is 2.17. The summed E-state index contributed by atoms with van der Waals surface area (Å²) in [7, 11) is 0. The molecular weight excluding hydrogens is 218 g/mol. The largest absolute Gasteiger partial charge is 0.478 e. The van der Waals surface area contributed by atoms with Gasteiger partial charge < -0.3 is 16.6 Å². The molecule has 0 aliphatic rings. The summed E-state index contributed by atoms with van der Waals surface area (Å²) in [5.41, 5.74) is 13.1. The fourth-order valence-corrected chi connectivity index (χ4v) is 1.54. The van der Waals surface area contributed by atoms with Crippen molar-refractivity contribution in [1.82, 2.24) is 4.98 Å². The number of rotatable bonds is 2. The summed E-state index contributed by atoms with van der Waals surface area (Å²) >= 11 is 0. The third-order valence-corrected chi connectivity index (χ3v) is 2.38. The van der Waals surface area contributed by atoms with E-state index in [1.54, 1.807) is 24.3 Å². The molecule has 0 unspecified atom stereocenters. The number of benzene rings is 1. The Morgan fingerprint density at radius 3 is 2.41 bits per heavy atom. The number of carboxylic acids is 1. The van der Waals surface area contributed by atoms with Gasteiger partial charge in [-0.2, -0.15) is 0 Å². The Hall–Kier alpha value is -2.56. The highest BCUT2D eigenvalue weighted by Gasteiger charge is 2.12. The van der Waals surface area contributed by atoms with Gasteiger partial charge in [-0.1, -0.05) is 12.1 Å². The summed E-state index contributed by atoms with van der Waals surface area (Å²) in [5.74, 6) is -0.854. The van der Waals surface area contributed by atoms with E-state index in [-0.39, 0.29) is 11.4 Å². The van der Waals surface area contributed by atoms with Crippen molar-refractivity contribution in [2.24, 2.45) is 0 Å². The van der Waals surface area contributed by atoms with E-state index in [2.05, 4.69) is 4.98 Å². The van der Waals surface area contributed by atoms with Gasteiger partial charge in [0.05, 0.1) is 5.56 Å². The highest BCUT2D eigenvalue weighted by molar-refractivity contribution is 5.96. The van der Waals surface area contributed by atoms with Crippen LogP contribution < -0.4 is 11.5 Å². The van der Waals surface area contributed by atoms with E-state index >= 15 is 0 Å². The Bertz CT molecular complexity index is 564. The fourth-order valence-electron chi connectivity index (χ4n) is 1.54. The topological polar surface area (TPSA) is 102 Å². The molecule has 0 atom stereocenters. The van der Waals surface area contributed by atoms with Gasteiger partial charge in [0.2, 0.25) is 0 Å². The van der Waals surface area contributed by atoms with Gasteiger partial charge in [0, 0.05) is 17.4 Å². The maximum absolute atomic E-state index is 11.1. The van der Waals surface area contributed by atoms with Gasteiger partial charge in [0.25, 0.3) is 0 Å². The number of aromatic carboxylic acids is 1. The predicted octanol–water partition coefficient (Wildman–Crippen LogP) is 1.61. The molecule has 0 aliphatic carbocycles. The average Bonchev–Trinajstić information content (AvgIpc) is 2.30. The maximum atomic E-state index is 11.1. The number of carbonyl (C=O) groups is 1. The maximum Gasteiger partial charge on any atom is 0.336 e. The lowest BCUT2D eigenvalue weighted by molar-refractivity contribution is 0.0697. The van der Waals surface area contributed by atoms with Crippen molar-refractivity contribution < 1.29 is 9.90 Å². The Kier molecular flexibility index (Phi) is 2.66.